The van der Waals surface area contributed by atoms with Crippen LogP contribution in [0.2, 0.25) is 0 Å². The van der Waals surface area contributed by atoms with Crippen LogP contribution in [-0.2, 0) is 25.5 Å². The van der Waals surface area contributed by atoms with Crippen LogP contribution < -0.4 is 0 Å². The molecule has 1 fully saturated rings. The molecule has 1 atom stereocenters. The molecule has 2 heterocycles. The number of ether oxygens (including phenoxy) is 3. The van der Waals surface area contributed by atoms with Gasteiger partial charge in [-0.3, -0.25) is 9.69 Å². The van der Waals surface area contributed by atoms with Crippen LogP contribution in [0.15, 0.2) is 16.7 Å². The summed E-state index contributed by atoms with van der Waals surface area (Å²) in [4.78, 5) is 25.2. The van der Waals surface area contributed by atoms with E-state index in [4.69, 9.17) is 13.9 Å². The van der Waals surface area contributed by atoms with E-state index >= 15 is 0 Å². The van der Waals surface area contributed by atoms with Crippen LogP contribution in [0.1, 0.15) is 16.1 Å². The molecular weight excluding hydrogens is 266 g/mol. The molecule has 20 heavy (non-hydrogen) atoms. The summed E-state index contributed by atoms with van der Waals surface area (Å²) < 4.78 is 20.0. The van der Waals surface area contributed by atoms with Crippen LogP contribution >= 0.6 is 0 Å². The minimum atomic E-state index is -0.496. The Morgan fingerprint density at radius 1 is 1.40 bits per heavy atom. The first-order valence-electron chi connectivity index (χ1n) is 6.21. The van der Waals surface area contributed by atoms with Crippen LogP contribution in [0, 0.1) is 0 Å². The fourth-order valence-electron chi connectivity index (χ4n) is 2.12. The number of furan rings is 1. The number of hydrogen-bond acceptors (Lipinski definition) is 7. The number of nitrogens with zero attached hydrogens (tertiary/aromatic N) is 1. The normalized spacial score (nSPS) is 19.6. The maximum Gasteiger partial charge on any atom is 0.341 e. The van der Waals surface area contributed by atoms with Gasteiger partial charge in [-0.1, -0.05) is 0 Å². The molecule has 7 nitrogen and oxygen atoms in total. The van der Waals surface area contributed by atoms with Gasteiger partial charge in [0.2, 0.25) is 0 Å². The van der Waals surface area contributed by atoms with E-state index in [9.17, 15) is 9.59 Å². The second kappa shape index (κ2) is 6.53. The Balaban J connectivity index is 2.13. The number of rotatable bonds is 4. The lowest BCUT2D eigenvalue weighted by atomic mass is 10.2. The smallest absolute Gasteiger partial charge is 0.341 e. The summed E-state index contributed by atoms with van der Waals surface area (Å²) in [6.07, 6.45) is 1.43. The van der Waals surface area contributed by atoms with Crippen LogP contribution in [0.5, 0.6) is 0 Å². The summed E-state index contributed by atoms with van der Waals surface area (Å²) in [7, 11) is 2.65. The van der Waals surface area contributed by atoms with Crippen LogP contribution in [-0.4, -0.2) is 56.9 Å². The Hall–Kier alpha value is -1.86. The van der Waals surface area contributed by atoms with Crippen LogP contribution in [0.25, 0.3) is 0 Å². The predicted octanol–water partition coefficient (Wildman–Crippen LogP) is 0.440. The van der Waals surface area contributed by atoms with E-state index < -0.39 is 12.0 Å². The molecular formula is C13H17NO6. The number of methoxy groups -OCH3 is 2. The molecule has 7 heteroatoms. The summed E-state index contributed by atoms with van der Waals surface area (Å²) >= 11 is 0. The van der Waals surface area contributed by atoms with Crippen molar-refractivity contribution in [3.8, 4) is 0 Å². The number of esters is 2. The predicted molar refractivity (Wildman–Crippen MR) is 67.1 cm³/mol. The zero-order valence-corrected chi connectivity index (χ0v) is 11.5. The molecule has 1 unspecified atom stereocenters. The van der Waals surface area contributed by atoms with Gasteiger partial charge in [-0.2, -0.15) is 0 Å². The molecule has 0 radical (unpaired) electrons. The quantitative estimate of drug-likeness (QED) is 0.742. The van der Waals surface area contributed by atoms with Gasteiger partial charge in [-0.25, -0.2) is 4.79 Å². The Bertz CT molecular complexity index is 483. The van der Waals surface area contributed by atoms with Gasteiger partial charge < -0.3 is 18.6 Å². The summed E-state index contributed by atoms with van der Waals surface area (Å²) in [6, 6.07) is 1.05. The van der Waals surface area contributed by atoms with Crippen LogP contribution in [0.3, 0.4) is 0 Å². The monoisotopic (exact) mass is 283 g/mol. The Labute approximate surface area is 116 Å². The SMILES string of the molecule is COC(=O)c1ccoc1CN1CCOCC1C(=O)OC. The first-order valence-corrected chi connectivity index (χ1v) is 6.21. The van der Waals surface area contributed by atoms with Crippen molar-refractivity contribution in [2.24, 2.45) is 0 Å². The molecule has 0 saturated carbocycles. The molecule has 1 aliphatic heterocycles. The first kappa shape index (κ1) is 14.5. The van der Waals surface area contributed by atoms with Gasteiger partial charge in [0.15, 0.2) is 0 Å². The molecule has 0 aromatic carbocycles. The molecule has 1 aromatic rings. The topological polar surface area (TPSA) is 78.2 Å². The molecule has 0 bridgehead atoms. The number of hydrogen-bond donors (Lipinski definition) is 0. The number of morpholine rings is 1. The van der Waals surface area contributed by atoms with Gasteiger partial charge in [-0.15, -0.1) is 0 Å². The van der Waals surface area contributed by atoms with Crippen molar-refractivity contribution in [2.45, 2.75) is 12.6 Å². The highest BCUT2D eigenvalue weighted by Gasteiger charge is 2.31. The van der Waals surface area contributed by atoms with Gasteiger partial charge in [0.25, 0.3) is 0 Å². The van der Waals surface area contributed by atoms with Crippen molar-refractivity contribution in [2.75, 3.05) is 34.0 Å². The molecule has 0 amide bonds. The van der Waals surface area contributed by atoms with Gasteiger partial charge in [0.1, 0.15) is 17.4 Å². The molecule has 0 spiro atoms. The van der Waals surface area contributed by atoms with Crippen molar-refractivity contribution in [3.63, 3.8) is 0 Å². The molecule has 0 N–H and O–H groups in total. The minimum Gasteiger partial charge on any atom is -0.468 e. The van der Waals surface area contributed by atoms with Crippen molar-refractivity contribution in [1.82, 2.24) is 4.90 Å². The molecule has 110 valence electrons. The zero-order valence-electron chi connectivity index (χ0n) is 11.5. The second-order valence-corrected chi connectivity index (χ2v) is 4.33. The van der Waals surface area contributed by atoms with E-state index in [1.165, 1.54) is 20.5 Å². The van der Waals surface area contributed by atoms with Gasteiger partial charge in [-0.05, 0) is 6.07 Å². The summed E-state index contributed by atoms with van der Waals surface area (Å²) in [5.41, 5.74) is 0.364. The first-order chi connectivity index (χ1) is 9.67. The Kier molecular flexibility index (Phi) is 4.75. The fraction of sp³-hybridized carbons (Fsp3) is 0.538. The zero-order chi connectivity index (χ0) is 14.5. The largest absolute Gasteiger partial charge is 0.468 e. The van der Waals surface area contributed by atoms with Crippen molar-refractivity contribution < 1.29 is 28.2 Å². The molecule has 1 aliphatic rings. The molecule has 0 aliphatic carbocycles. The van der Waals surface area contributed by atoms with E-state index in [2.05, 4.69) is 4.74 Å². The third-order valence-electron chi connectivity index (χ3n) is 3.21. The molecule has 1 saturated heterocycles. The van der Waals surface area contributed by atoms with Crippen molar-refractivity contribution in [3.05, 3.63) is 23.7 Å². The standard InChI is InChI=1S/C13H17NO6/c1-17-12(15)9-3-5-20-11(9)7-14-4-6-19-8-10(14)13(16)18-2/h3,5,10H,4,6-8H2,1-2H3. The lowest BCUT2D eigenvalue weighted by molar-refractivity contribution is -0.153. The summed E-state index contributed by atoms with van der Waals surface area (Å²) in [6.45, 7) is 1.66. The van der Waals surface area contributed by atoms with Crippen molar-refractivity contribution in [1.29, 1.82) is 0 Å². The highest BCUT2D eigenvalue weighted by molar-refractivity contribution is 5.90. The van der Waals surface area contributed by atoms with Gasteiger partial charge in [0.05, 0.1) is 40.2 Å². The third-order valence-corrected chi connectivity index (χ3v) is 3.21. The van der Waals surface area contributed by atoms with E-state index in [1.807, 2.05) is 4.90 Å². The Morgan fingerprint density at radius 3 is 2.90 bits per heavy atom. The average molecular weight is 283 g/mol. The highest BCUT2D eigenvalue weighted by Crippen LogP contribution is 2.18. The lowest BCUT2D eigenvalue weighted by Gasteiger charge is -2.32. The average Bonchev–Trinajstić information content (AvgIpc) is 2.94. The van der Waals surface area contributed by atoms with Crippen molar-refractivity contribution >= 4 is 11.9 Å². The molecule has 2 rings (SSSR count). The highest BCUT2D eigenvalue weighted by atomic mass is 16.5. The Morgan fingerprint density at radius 2 is 2.20 bits per heavy atom. The number of carbonyl (C=O) groups excluding carboxylic acids is 2. The summed E-state index contributed by atoms with van der Waals surface area (Å²) in [5, 5.41) is 0. The van der Waals surface area contributed by atoms with Crippen LogP contribution in [0.4, 0.5) is 0 Å². The van der Waals surface area contributed by atoms with Gasteiger partial charge >= 0.3 is 11.9 Å². The number of carbonyl (C=O) groups is 2. The van der Waals surface area contributed by atoms with E-state index in [0.717, 1.165) is 0 Å². The van der Waals surface area contributed by atoms with E-state index in [0.29, 0.717) is 31.0 Å². The summed E-state index contributed by atoms with van der Waals surface area (Å²) in [5.74, 6) is -0.361. The second-order valence-electron chi connectivity index (χ2n) is 4.33. The lowest BCUT2D eigenvalue weighted by Crippen LogP contribution is -2.49. The maximum atomic E-state index is 11.7. The third kappa shape index (κ3) is 3.00. The van der Waals surface area contributed by atoms with E-state index in [-0.39, 0.29) is 12.6 Å². The molecule has 1 aromatic heterocycles. The fourth-order valence-corrected chi connectivity index (χ4v) is 2.12. The maximum absolute atomic E-state index is 11.7. The minimum absolute atomic E-state index is 0.265. The van der Waals surface area contributed by atoms with E-state index in [1.54, 1.807) is 6.07 Å². The van der Waals surface area contributed by atoms with Gasteiger partial charge in [0, 0.05) is 6.54 Å².